The highest BCUT2D eigenvalue weighted by Gasteiger charge is 2.21. The highest BCUT2D eigenvalue weighted by molar-refractivity contribution is 7.92. The number of carbonyl (C=O) groups is 2. The Hall–Kier alpha value is -2.58. The lowest BCUT2D eigenvalue weighted by Gasteiger charge is -2.13. The van der Waals surface area contributed by atoms with E-state index in [0.717, 1.165) is 0 Å². The number of esters is 2. The SMILES string of the molecule is CCOC(=O)c1ccc(C(=O)OCC)c(NS(=O)(=O)c2ccc(Cl)cc2)c1. The first kappa shape index (κ1) is 20.7. The number of carbonyl (C=O) groups excluding carboxylic acids is 2. The van der Waals surface area contributed by atoms with E-state index in [9.17, 15) is 18.0 Å². The predicted octanol–water partition coefficient (Wildman–Crippen LogP) is 3.49. The van der Waals surface area contributed by atoms with Crippen LogP contribution in [0.1, 0.15) is 34.6 Å². The summed E-state index contributed by atoms with van der Waals surface area (Å²) in [6.07, 6.45) is 0. The highest BCUT2D eigenvalue weighted by Crippen LogP contribution is 2.24. The first-order valence-electron chi connectivity index (χ1n) is 8.05. The molecule has 0 radical (unpaired) electrons. The van der Waals surface area contributed by atoms with Crippen LogP contribution >= 0.6 is 11.6 Å². The van der Waals surface area contributed by atoms with Gasteiger partial charge in [-0.2, -0.15) is 0 Å². The van der Waals surface area contributed by atoms with Gasteiger partial charge in [0.1, 0.15) is 0 Å². The molecule has 2 rings (SSSR count). The summed E-state index contributed by atoms with van der Waals surface area (Å²) in [5, 5.41) is 0.380. The second kappa shape index (κ2) is 8.88. The van der Waals surface area contributed by atoms with Gasteiger partial charge in [0.05, 0.1) is 34.9 Å². The maximum absolute atomic E-state index is 12.6. The van der Waals surface area contributed by atoms with Gasteiger partial charge >= 0.3 is 11.9 Å². The van der Waals surface area contributed by atoms with Crippen molar-refractivity contribution in [3.05, 3.63) is 58.6 Å². The molecule has 0 bridgehead atoms. The van der Waals surface area contributed by atoms with Crippen molar-refractivity contribution < 1.29 is 27.5 Å². The second-order valence-corrected chi connectivity index (χ2v) is 7.38. The van der Waals surface area contributed by atoms with Crippen molar-refractivity contribution in [1.29, 1.82) is 0 Å². The Labute approximate surface area is 162 Å². The third-order valence-electron chi connectivity index (χ3n) is 3.39. The van der Waals surface area contributed by atoms with E-state index in [0.29, 0.717) is 5.02 Å². The minimum atomic E-state index is -4.02. The van der Waals surface area contributed by atoms with E-state index in [2.05, 4.69) is 4.72 Å². The molecule has 7 nitrogen and oxygen atoms in total. The molecule has 0 saturated carbocycles. The number of halogens is 1. The van der Waals surface area contributed by atoms with Crippen molar-refractivity contribution in [3.8, 4) is 0 Å². The molecule has 0 atom stereocenters. The van der Waals surface area contributed by atoms with Crippen LogP contribution in [0.4, 0.5) is 5.69 Å². The first-order chi connectivity index (χ1) is 12.8. The molecule has 144 valence electrons. The third-order valence-corrected chi connectivity index (χ3v) is 5.03. The van der Waals surface area contributed by atoms with Gasteiger partial charge in [-0.25, -0.2) is 18.0 Å². The molecule has 0 aliphatic rings. The summed E-state index contributed by atoms with van der Waals surface area (Å²) in [6.45, 7) is 3.55. The minimum Gasteiger partial charge on any atom is -0.462 e. The number of ether oxygens (including phenoxy) is 2. The maximum atomic E-state index is 12.6. The fraction of sp³-hybridized carbons (Fsp3) is 0.222. The van der Waals surface area contributed by atoms with E-state index < -0.39 is 22.0 Å². The molecule has 0 aliphatic carbocycles. The van der Waals surface area contributed by atoms with Gasteiger partial charge in [-0.3, -0.25) is 4.72 Å². The lowest BCUT2D eigenvalue weighted by Crippen LogP contribution is -2.17. The predicted molar refractivity (Wildman–Crippen MR) is 101 cm³/mol. The molecule has 0 unspecified atom stereocenters. The summed E-state index contributed by atoms with van der Waals surface area (Å²) in [7, 11) is -4.02. The van der Waals surface area contributed by atoms with E-state index >= 15 is 0 Å². The molecular weight excluding hydrogens is 394 g/mol. The van der Waals surface area contributed by atoms with Crippen LogP contribution < -0.4 is 4.72 Å². The summed E-state index contributed by atoms with van der Waals surface area (Å²) >= 11 is 5.78. The first-order valence-corrected chi connectivity index (χ1v) is 9.91. The summed E-state index contributed by atoms with van der Waals surface area (Å²) in [6, 6.07) is 9.41. The maximum Gasteiger partial charge on any atom is 0.340 e. The quantitative estimate of drug-likeness (QED) is 0.700. The molecule has 0 aromatic heterocycles. The molecular formula is C18H18ClNO6S. The number of hydrogen-bond donors (Lipinski definition) is 1. The van der Waals surface area contributed by atoms with Gasteiger partial charge in [-0.05, 0) is 56.3 Å². The molecule has 0 spiro atoms. The van der Waals surface area contributed by atoms with Gasteiger partial charge < -0.3 is 9.47 Å². The van der Waals surface area contributed by atoms with Crippen molar-refractivity contribution in [3.63, 3.8) is 0 Å². The number of benzene rings is 2. The van der Waals surface area contributed by atoms with Crippen molar-refractivity contribution in [1.82, 2.24) is 0 Å². The molecule has 0 heterocycles. The van der Waals surface area contributed by atoms with E-state index in [1.165, 1.54) is 42.5 Å². The number of sulfonamides is 1. The number of hydrogen-bond acceptors (Lipinski definition) is 6. The smallest absolute Gasteiger partial charge is 0.340 e. The average molecular weight is 412 g/mol. The van der Waals surface area contributed by atoms with E-state index in [1.807, 2.05) is 0 Å². The van der Waals surface area contributed by atoms with E-state index in [4.69, 9.17) is 21.1 Å². The Morgan fingerprint density at radius 2 is 1.56 bits per heavy atom. The van der Waals surface area contributed by atoms with Crippen molar-refractivity contribution in [2.75, 3.05) is 17.9 Å². The van der Waals surface area contributed by atoms with Gasteiger partial charge in [0, 0.05) is 5.02 Å². The van der Waals surface area contributed by atoms with Crippen LogP contribution in [0, 0.1) is 0 Å². The van der Waals surface area contributed by atoms with Crippen LogP contribution in [-0.2, 0) is 19.5 Å². The monoisotopic (exact) mass is 411 g/mol. The van der Waals surface area contributed by atoms with Crippen molar-refractivity contribution >= 4 is 39.3 Å². The number of anilines is 1. The van der Waals surface area contributed by atoms with Crippen LogP contribution in [0.15, 0.2) is 47.4 Å². The van der Waals surface area contributed by atoms with E-state index in [-0.39, 0.29) is 34.9 Å². The third kappa shape index (κ3) is 5.21. The lowest BCUT2D eigenvalue weighted by atomic mass is 10.1. The molecule has 0 fully saturated rings. The Bertz CT molecular complexity index is 941. The normalized spacial score (nSPS) is 10.9. The molecule has 2 aromatic carbocycles. The van der Waals surface area contributed by atoms with Gasteiger partial charge in [0.2, 0.25) is 0 Å². The second-order valence-electron chi connectivity index (χ2n) is 5.26. The Balaban J connectivity index is 2.47. The van der Waals surface area contributed by atoms with Crippen molar-refractivity contribution in [2.24, 2.45) is 0 Å². The molecule has 2 aromatic rings. The zero-order valence-electron chi connectivity index (χ0n) is 14.7. The minimum absolute atomic E-state index is 0.0255. The lowest BCUT2D eigenvalue weighted by molar-refractivity contribution is 0.0512. The summed E-state index contributed by atoms with van der Waals surface area (Å²) < 4.78 is 37.4. The summed E-state index contributed by atoms with van der Waals surface area (Å²) in [5.41, 5.74) is -0.0184. The number of rotatable bonds is 7. The van der Waals surface area contributed by atoms with Crippen LogP contribution in [0.25, 0.3) is 0 Å². The van der Waals surface area contributed by atoms with Crippen LogP contribution in [-0.4, -0.2) is 33.6 Å². The Morgan fingerprint density at radius 3 is 2.15 bits per heavy atom. The molecule has 0 amide bonds. The molecule has 27 heavy (non-hydrogen) atoms. The van der Waals surface area contributed by atoms with Gasteiger partial charge in [0.15, 0.2) is 0 Å². The zero-order valence-corrected chi connectivity index (χ0v) is 16.3. The van der Waals surface area contributed by atoms with Crippen molar-refractivity contribution in [2.45, 2.75) is 18.7 Å². The topological polar surface area (TPSA) is 98.8 Å². The number of nitrogens with one attached hydrogen (secondary N) is 1. The average Bonchev–Trinajstić information content (AvgIpc) is 2.62. The summed E-state index contributed by atoms with van der Waals surface area (Å²) in [4.78, 5) is 24.0. The van der Waals surface area contributed by atoms with Crippen LogP contribution in [0.5, 0.6) is 0 Å². The van der Waals surface area contributed by atoms with Crippen LogP contribution in [0.2, 0.25) is 5.02 Å². The fourth-order valence-corrected chi connectivity index (χ4v) is 3.37. The van der Waals surface area contributed by atoms with Gasteiger partial charge in [-0.15, -0.1) is 0 Å². The van der Waals surface area contributed by atoms with Gasteiger partial charge in [-0.1, -0.05) is 11.6 Å². The molecule has 1 N–H and O–H groups in total. The molecule has 0 aliphatic heterocycles. The highest BCUT2D eigenvalue weighted by atomic mass is 35.5. The molecule has 0 saturated heterocycles. The largest absolute Gasteiger partial charge is 0.462 e. The van der Waals surface area contributed by atoms with E-state index in [1.54, 1.807) is 13.8 Å². The standard InChI is InChI=1S/C18H18ClNO6S/c1-3-25-17(21)12-5-10-15(18(22)26-4-2)16(11-12)20-27(23,24)14-8-6-13(19)7-9-14/h5-11,20H,3-4H2,1-2H3. The Kier molecular flexibility index (Phi) is 6.81. The van der Waals surface area contributed by atoms with Gasteiger partial charge in [0.25, 0.3) is 10.0 Å². The summed E-state index contributed by atoms with van der Waals surface area (Å²) in [5.74, 6) is -1.36. The molecule has 9 heteroatoms. The fourth-order valence-electron chi connectivity index (χ4n) is 2.17. The zero-order chi connectivity index (χ0) is 20.0. The van der Waals surface area contributed by atoms with Crippen LogP contribution in [0.3, 0.4) is 0 Å². The Morgan fingerprint density at radius 1 is 0.963 bits per heavy atom.